The van der Waals surface area contributed by atoms with Gasteiger partial charge in [0.1, 0.15) is 5.56 Å². The van der Waals surface area contributed by atoms with E-state index in [1.54, 1.807) is 37.3 Å². The maximum absolute atomic E-state index is 13.2. The Morgan fingerprint density at radius 1 is 1.23 bits per heavy atom. The SMILES string of the molecule is CCOC(=O)c1cnn(-c2ccccc2)c1NC(=O)c1nn(C)c(C(F)(F)F)c1Br. The van der Waals surface area contributed by atoms with Gasteiger partial charge in [0.05, 0.1) is 23.0 Å². The highest BCUT2D eigenvalue weighted by Gasteiger charge is 2.40. The summed E-state index contributed by atoms with van der Waals surface area (Å²) in [5.41, 5.74) is -1.16. The second kappa shape index (κ2) is 8.30. The summed E-state index contributed by atoms with van der Waals surface area (Å²) in [6.45, 7) is 1.70. The molecule has 12 heteroatoms. The molecule has 0 aliphatic carbocycles. The predicted molar refractivity (Wildman–Crippen MR) is 103 cm³/mol. The third-order valence-corrected chi connectivity index (χ3v) is 4.72. The monoisotopic (exact) mass is 485 g/mol. The number of anilines is 1. The van der Waals surface area contributed by atoms with Gasteiger partial charge in [0.25, 0.3) is 5.91 Å². The van der Waals surface area contributed by atoms with Gasteiger partial charge in [0, 0.05) is 7.05 Å². The lowest BCUT2D eigenvalue weighted by atomic mass is 10.3. The molecule has 8 nitrogen and oxygen atoms in total. The molecule has 0 aliphatic heterocycles. The van der Waals surface area contributed by atoms with Crippen LogP contribution in [0.2, 0.25) is 0 Å². The number of amides is 1. The number of esters is 1. The van der Waals surface area contributed by atoms with E-state index in [2.05, 4.69) is 31.4 Å². The average molecular weight is 486 g/mol. The molecule has 0 saturated heterocycles. The zero-order valence-electron chi connectivity index (χ0n) is 15.7. The van der Waals surface area contributed by atoms with Crippen molar-refractivity contribution in [2.45, 2.75) is 13.1 Å². The number of para-hydroxylation sites is 1. The molecule has 1 amide bonds. The Balaban J connectivity index is 2.05. The number of aromatic nitrogens is 4. The van der Waals surface area contributed by atoms with Gasteiger partial charge in [-0.25, -0.2) is 9.48 Å². The Labute approximate surface area is 176 Å². The minimum atomic E-state index is -4.72. The van der Waals surface area contributed by atoms with Crippen LogP contribution in [0, 0.1) is 0 Å². The minimum Gasteiger partial charge on any atom is -0.462 e. The molecule has 1 N–H and O–H groups in total. The molecule has 0 bridgehead atoms. The van der Waals surface area contributed by atoms with Crippen LogP contribution in [0.25, 0.3) is 5.69 Å². The van der Waals surface area contributed by atoms with Gasteiger partial charge >= 0.3 is 12.1 Å². The van der Waals surface area contributed by atoms with Gasteiger partial charge in [-0.3, -0.25) is 9.48 Å². The van der Waals surface area contributed by atoms with E-state index in [4.69, 9.17) is 4.74 Å². The van der Waals surface area contributed by atoms with Crippen molar-refractivity contribution in [3.05, 3.63) is 58.0 Å². The van der Waals surface area contributed by atoms with Crippen LogP contribution in [-0.2, 0) is 18.0 Å². The molecule has 0 atom stereocenters. The molecule has 0 aliphatic rings. The highest BCUT2D eigenvalue weighted by atomic mass is 79.9. The number of carbonyl (C=O) groups excluding carboxylic acids is 2. The number of nitrogens with one attached hydrogen (secondary N) is 1. The van der Waals surface area contributed by atoms with E-state index >= 15 is 0 Å². The second-order valence-electron chi connectivity index (χ2n) is 5.96. The van der Waals surface area contributed by atoms with Crippen molar-refractivity contribution < 1.29 is 27.5 Å². The smallest absolute Gasteiger partial charge is 0.434 e. The summed E-state index contributed by atoms with van der Waals surface area (Å²) < 4.78 is 45.9. The summed E-state index contributed by atoms with van der Waals surface area (Å²) in [6.07, 6.45) is -3.52. The fourth-order valence-corrected chi connectivity index (χ4v) is 3.45. The maximum atomic E-state index is 13.2. The van der Waals surface area contributed by atoms with Gasteiger partial charge < -0.3 is 10.1 Å². The van der Waals surface area contributed by atoms with Crippen LogP contribution >= 0.6 is 15.9 Å². The normalized spacial score (nSPS) is 11.4. The van der Waals surface area contributed by atoms with Crippen LogP contribution in [0.4, 0.5) is 19.0 Å². The Hall–Kier alpha value is -3.15. The summed E-state index contributed by atoms with van der Waals surface area (Å²) in [5.74, 6) is -1.77. The van der Waals surface area contributed by atoms with E-state index in [9.17, 15) is 22.8 Å². The lowest BCUT2D eigenvalue weighted by Crippen LogP contribution is -2.19. The fourth-order valence-electron chi connectivity index (χ4n) is 2.71. The summed E-state index contributed by atoms with van der Waals surface area (Å²) >= 11 is 2.80. The number of nitrogens with zero attached hydrogens (tertiary/aromatic N) is 4. The molecule has 158 valence electrons. The quantitative estimate of drug-likeness (QED) is 0.554. The maximum Gasteiger partial charge on any atom is 0.434 e. The first-order valence-corrected chi connectivity index (χ1v) is 9.36. The van der Waals surface area contributed by atoms with Crippen LogP contribution in [0.15, 0.2) is 41.0 Å². The number of halogens is 4. The Morgan fingerprint density at radius 2 is 1.90 bits per heavy atom. The highest BCUT2D eigenvalue weighted by Crippen LogP contribution is 2.36. The zero-order chi connectivity index (χ0) is 22.1. The zero-order valence-corrected chi connectivity index (χ0v) is 17.3. The van der Waals surface area contributed by atoms with Crippen molar-refractivity contribution >= 4 is 33.6 Å². The molecule has 2 heterocycles. The summed E-state index contributed by atoms with van der Waals surface area (Å²) in [7, 11) is 1.07. The summed E-state index contributed by atoms with van der Waals surface area (Å²) in [6, 6.07) is 8.56. The molecular formula is C18H15BrF3N5O3. The predicted octanol–water partition coefficient (Wildman–Crippen LogP) is 3.82. The molecule has 0 unspecified atom stereocenters. The summed E-state index contributed by atoms with van der Waals surface area (Å²) in [4.78, 5) is 25.0. The van der Waals surface area contributed by atoms with Crippen LogP contribution < -0.4 is 5.32 Å². The molecule has 2 aromatic heterocycles. The molecule has 3 aromatic rings. The molecule has 0 saturated carbocycles. The van der Waals surface area contributed by atoms with Crippen LogP contribution in [0.1, 0.15) is 33.5 Å². The number of alkyl halides is 3. The topological polar surface area (TPSA) is 91.0 Å². The first kappa shape index (κ1) is 21.6. The third kappa shape index (κ3) is 4.08. The van der Waals surface area contributed by atoms with E-state index in [0.717, 1.165) is 7.05 Å². The van der Waals surface area contributed by atoms with Gasteiger partial charge in [-0.2, -0.15) is 23.4 Å². The van der Waals surface area contributed by atoms with E-state index in [1.807, 2.05) is 0 Å². The lowest BCUT2D eigenvalue weighted by molar-refractivity contribution is -0.144. The van der Waals surface area contributed by atoms with Gasteiger partial charge in [0.15, 0.2) is 17.2 Å². The molecule has 3 rings (SSSR count). The average Bonchev–Trinajstić information content (AvgIpc) is 3.22. The van der Waals surface area contributed by atoms with Gasteiger partial charge in [-0.05, 0) is 35.0 Å². The van der Waals surface area contributed by atoms with Crippen LogP contribution in [0.3, 0.4) is 0 Å². The Kier molecular flexibility index (Phi) is 5.97. The first-order valence-electron chi connectivity index (χ1n) is 8.56. The number of aryl methyl sites for hydroxylation is 1. The highest BCUT2D eigenvalue weighted by molar-refractivity contribution is 9.10. The minimum absolute atomic E-state index is 0.0582. The first-order chi connectivity index (χ1) is 14.1. The van der Waals surface area contributed by atoms with E-state index < -0.39 is 33.9 Å². The van der Waals surface area contributed by atoms with Gasteiger partial charge in [0.2, 0.25) is 0 Å². The number of benzene rings is 1. The molecule has 1 aromatic carbocycles. The molecule has 0 spiro atoms. The number of ether oxygens (including phenoxy) is 1. The van der Waals surface area contributed by atoms with Crippen molar-refractivity contribution in [1.29, 1.82) is 0 Å². The van der Waals surface area contributed by atoms with Crippen molar-refractivity contribution in [3.63, 3.8) is 0 Å². The molecule has 0 radical (unpaired) electrons. The van der Waals surface area contributed by atoms with Crippen molar-refractivity contribution in [3.8, 4) is 5.69 Å². The van der Waals surface area contributed by atoms with Crippen molar-refractivity contribution in [2.24, 2.45) is 7.05 Å². The van der Waals surface area contributed by atoms with Gasteiger partial charge in [-0.1, -0.05) is 18.2 Å². The van der Waals surface area contributed by atoms with E-state index in [-0.39, 0.29) is 18.0 Å². The molecule has 30 heavy (non-hydrogen) atoms. The number of carbonyl (C=O) groups is 2. The number of hydrogen-bond donors (Lipinski definition) is 1. The van der Waals surface area contributed by atoms with Gasteiger partial charge in [-0.15, -0.1) is 0 Å². The van der Waals surface area contributed by atoms with Crippen molar-refractivity contribution in [1.82, 2.24) is 19.6 Å². The Bertz CT molecular complexity index is 1090. The second-order valence-corrected chi connectivity index (χ2v) is 6.75. The number of hydrogen-bond acceptors (Lipinski definition) is 5. The van der Waals surface area contributed by atoms with E-state index in [0.29, 0.717) is 10.4 Å². The number of rotatable bonds is 5. The standard InChI is InChI=1S/C18H15BrF3N5O3/c1-3-30-17(29)11-9-23-27(10-7-5-4-6-8-10)15(11)24-16(28)13-12(19)14(18(20,21)22)26(2)25-13/h4-9H,3H2,1-2H3,(H,24,28). The third-order valence-electron chi connectivity index (χ3n) is 3.97. The van der Waals surface area contributed by atoms with Crippen LogP contribution in [-0.4, -0.2) is 38.0 Å². The van der Waals surface area contributed by atoms with Crippen LogP contribution in [0.5, 0.6) is 0 Å². The lowest BCUT2D eigenvalue weighted by Gasteiger charge is -2.10. The Morgan fingerprint density at radius 3 is 2.47 bits per heavy atom. The fraction of sp³-hybridized carbons (Fsp3) is 0.222. The van der Waals surface area contributed by atoms with Crippen molar-refractivity contribution in [2.75, 3.05) is 11.9 Å². The largest absolute Gasteiger partial charge is 0.462 e. The molecular weight excluding hydrogens is 471 g/mol. The summed E-state index contributed by atoms with van der Waals surface area (Å²) in [5, 5.41) is 10.2. The van der Waals surface area contributed by atoms with E-state index in [1.165, 1.54) is 10.9 Å². The molecule has 0 fully saturated rings.